The number of hydrogen-bond donors (Lipinski definition) is 2. The summed E-state index contributed by atoms with van der Waals surface area (Å²) in [6.07, 6.45) is -7.15. The molecule has 7 nitrogen and oxygen atoms in total. The number of carbonyl (C=O) groups is 1. The van der Waals surface area contributed by atoms with Crippen LogP contribution in [0.5, 0.6) is 5.75 Å². The Morgan fingerprint density at radius 3 is 2.55 bits per heavy atom. The van der Waals surface area contributed by atoms with E-state index in [4.69, 9.17) is 4.74 Å². The number of nitrogens with one attached hydrogen (secondary N) is 1. The van der Waals surface area contributed by atoms with Crippen LogP contribution in [0.4, 0.5) is 27.6 Å². The molecule has 0 saturated heterocycles. The van der Waals surface area contributed by atoms with Gasteiger partial charge in [-0.1, -0.05) is 12.1 Å². The number of rotatable bonds is 6. The first-order chi connectivity index (χ1) is 17.8. The Morgan fingerprint density at radius 2 is 1.87 bits per heavy atom. The molecule has 0 aromatic heterocycles. The Morgan fingerprint density at radius 1 is 1.13 bits per heavy atom. The first-order valence-corrected chi connectivity index (χ1v) is 12.6. The van der Waals surface area contributed by atoms with E-state index in [1.54, 1.807) is 0 Å². The molecule has 1 aliphatic rings. The van der Waals surface area contributed by atoms with E-state index in [0.717, 1.165) is 40.7 Å². The third-order valence-corrected chi connectivity index (χ3v) is 7.54. The number of halogens is 5. The molecular weight excluding hydrogens is 535 g/mol. The lowest BCUT2D eigenvalue weighted by molar-refractivity contribution is -0.137. The maximum Gasteiger partial charge on any atom is 0.416 e. The van der Waals surface area contributed by atoms with Gasteiger partial charge < -0.3 is 15.2 Å². The standard InChI is InChI=1S/C25H21F5N2O5S/c1-14(33)24(34)31-12-18-13-32(38(35,36)19-4-2-3-16(10-19)25(28,29)30)22-9-15(5-8-23(22)37-18)20-11-17(26)6-7-21(20)27/h2-11,14,18,33H,12-13H2,1H3,(H,31,34). The number of aliphatic hydroxyl groups is 1. The maximum atomic E-state index is 14.4. The van der Waals surface area contributed by atoms with Crippen LogP contribution < -0.4 is 14.4 Å². The van der Waals surface area contributed by atoms with Crippen molar-refractivity contribution in [3.63, 3.8) is 0 Å². The van der Waals surface area contributed by atoms with Crippen LogP contribution in [0.1, 0.15) is 12.5 Å². The van der Waals surface area contributed by atoms with Gasteiger partial charge in [0.25, 0.3) is 10.0 Å². The minimum Gasteiger partial charge on any atom is -0.484 e. The van der Waals surface area contributed by atoms with Gasteiger partial charge >= 0.3 is 6.18 Å². The summed E-state index contributed by atoms with van der Waals surface area (Å²) >= 11 is 0. The Kier molecular flexibility index (Phi) is 7.35. The Hall–Kier alpha value is -3.71. The fourth-order valence-electron chi connectivity index (χ4n) is 3.85. The van der Waals surface area contributed by atoms with Crippen LogP contribution >= 0.6 is 0 Å². The highest BCUT2D eigenvalue weighted by Crippen LogP contribution is 2.41. The number of amides is 1. The Bertz CT molecular complexity index is 1480. The molecule has 2 unspecified atom stereocenters. The van der Waals surface area contributed by atoms with Crippen LogP contribution in [-0.4, -0.2) is 44.7 Å². The van der Waals surface area contributed by atoms with Crippen molar-refractivity contribution in [1.29, 1.82) is 0 Å². The molecule has 3 aromatic rings. The number of sulfonamides is 1. The summed E-state index contributed by atoms with van der Waals surface area (Å²) in [5.41, 5.74) is -1.38. The zero-order valence-corrected chi connectivity index (χ0v) is 20.5. The first kappa shape index (κ1) is 27.3. The predicted octanol–water partition coefficient (Wildman–Crippen LogP) is 4.10. The molecule has 4 rings (SSSR count). The van der Waals surface area contributed by atoms with E-state index in [2.05, 4.69) is 5.32 Å². The molecule has 3 aromatic carbocycles. The van der Waals surface area contributed by atoms with Crippen LogP contribution in [0.25, 0.3) is 11.1 Å². The monoisotopic (exact) mass is 556 g/mol. The minimum absolute atomic E-state index is 0.0244. The number of aliphatic hydroxyl groups excluding tert-OH is 1. The quantitative estimate of drug-likeness (QED) is 0.446. The van der Waals surface area contributed by atoms with Gasteiger partial charge in [-0.25, -0.2) is 17.2 Å². The van der Waals surface area contributed by atoms with Gasteiger partial charge in [-0.15, -0.1) is 0 Å². The molecule has 2 N–H and O–H groups in total. The summed E-state index contributed by atoms with van der Waals surface area (Å²) < 4.78 is 102. The normalized spacial score (nSPS) is 16.4. The van der Waals surface area contributed by atoms with Gasteiger partial charge in [-0.2, -0.15) is 13.2 Å². The summed E-state index contributed by atoms with van der Waals surface area (Å²) in [4.78, 5) is 11.1. The lowest BCUT2D eigenvalue weighted by Gasteiger charge is -2.36. The van der Waals surface area contributed by atoms with Gasteiger partial charge in [0.05, 0.1) is 29.2 Å². The average molecular weight is 557 g/mol. The second-order valence-corrected chi connectivity index (χ2v) is 10.4. The average Bonchev–Trinajstić information content (AvgIpc) is 2.87. The molecule has 1 heterocycles. The van der Waals surface area contributed by atoms with Gasteiger partial charge in [0.1, 0.15) is 29.6 Å². The third-order valence-electron chi connectivity index (χ3n) is 5.76. The highest BCUT2D eigenvalue weighted by Gasteiger charge is 2.37. The largest absolute Gasteiger partial charge is 0.484 e. The molecule has 0 saturated carbocycles. The summed E-state index contributed by atoms with van der Waals surface area (Å²) in [7, 11) is -4.64. The highest BCUT2D eigenvalue weighted by molar-refractivity contribution is 7.92. The molecule has 0 spiro atoms. The molecule has 13 heteroatoms. The van der Waals surface area contributed by atoms with Crippen molar-refractivity contribution in [2.24, 2.45) is 0 Å². The summed E-state index contributed by atoms with van der Waals surface area (Å²) in [6, 6.07) is 9.81. The SMILES string of the molecule is CC(O)C(=O)NCC1CN(S(=O)(=O)c2cccc(C(F)(F)F)c2)c2cc(-c3cc(F)ccc3F)ccc2O1. The lowest BCUT2D eigenvalue weighted by atomic mass is 10.0. The van der Waals surface area contributed by atoms with Crippen molar-refractivity contribution >= 4 is 21.6 Å². The maximum absolute atomic E-state index is 14.4. The van der Waals surface area contributed by atoms with E-state index in [1.165, 1.54) is 25.1 Å². The van der Waals surface area contributed by atoms with Gasteiger partial charge in [0.2, 0.25) is 5.91 Å². The molecule has 0 radical (unpaired) electrons. The van der Waals surface area contributed by atoms with E-state index in [-0.39, 0.29) is 29.1 Å². The number of alkyl halides is 3. The molecule has 0 bridgehead atoms. The molecule has 0 fully saturated rings. The number of benzene rings is 3. The van der Waals surface area contributed by atoms with E-state index >= 15 is 0 Å². The Labute approximate surface area is 214 Å². The number of fused-ring (bicyclic) bond motifs is 1. The van der Waals surface area contributed by atoms with E-state index in [1.807, 2.05) is 0 Å². The van der Waals surface area contributed by atoms with Crippen molar-refractivity contribution in [2.75, 3.05) is 17.4 Å². The topological polar surface area (TPSA) is 95.9 Å². The zero-order valence-electron chi connectivity index (χ0n) is 19.7. The molecule has 0 aliphatic carbocycles. The minimum atomic E-state index is -4.80. The molecule has 1 aliphatic heterocycles. The lowest BCUT2D eigenvalue weighted by Crippen LogP contribution is -2.49. The van der Waals surface area contributed by atoms with E-state index in [0.29, 0.717) is 6.07 Å². The number of carbonyl (C=O) groups excluding carboxylic acids is 1. The van der Waals surface area contributed by atoms with E-state index < -0.39 is 63.0 Å². The van der Waals surface area contributed by atoms with Gasteiger partial charge in [-0.05, 0) is 61.0 Å². The van der Waals surface area contributed by atoms with Crippen LogP contribution in [0.15, 0.2) is 65.6 Å². The zero-order chi connectivity index (χ0) is 27.8. The molecule has 2 atom stereocenters. The van der Waals surface area contributed by atoms with Crippen molar-refractivity contribution in [1.82, 2.24) is 5.32 Å². The Balaban J connectivity index is 1.80. The number of hydrogen-bond acceptors (Lipinski definition) is 5. The van der Waals surface area contributed by atoms with Gasteiger partial charge in [-0.3, -0.25) is 9.10 Å². The predicted molar refractivity (Wildman–Crippen MR) is 127 cm³/mol. The molecule has 202 valence electrons. The second-order valence-electron chi connectivity index (χ2n) is 8.53. The van der Waals surface area contributed by atoms with Crippen LogP contribution in [0.3, 0.4) is 0 Å². The molecular formula is C25H21F5N2O5S. The highest BCUT2D eigenvalue weighted by atomic mass is 32.2. The van der Waals surface area contributed by atoms with Crippen LogP contribution in [0, 0.1) is 11.6 Å². The number of nitrogens with zero attached hydrogens (tertiary/aromatic N) is 1. The van der Waals surface area contributed by atoms with Crippen LogP contribution in [-0.2, 0) is 21.0 Å². The van der Waals surface area contributed by atoms with Crippen molar-refractivity contribution < 1.29 is 45.0 Å². The molecule has 38 heavy (non-hydrogen) atoms. The first-order valence-electron chi connectivity index (χ1n) is 11.2. The molecule has 1 amide bonds. The third kappa shape index (κ3) is 5.58. The second kappa shape index (κ2) is 10.2. The van der Waals surface area contributed by atoms with E-state index in [9.17, 15) is 40.3 Å². The van der Waals surface area contributed by atoms with Crippen molar-refractivity contribution in [2.45, 2.75) is 30.2 Å². The number of ether oxygens (including phenoxy) is 1. The summed E-state index contributed by atoms with van der Waals surface area (Å²) in [5.74, 6) is -2.29. The number of anilines is 1. The smallest absolute Gasteiger partial charge is 0.416 e. The van der Waals surface area contributed by atoms with Crippen LogP contribution in [0.2, 0.25) is 0 Å². The summed E-state index contributed by atoms with van der Waals surface area (Å²) in [6.45, 7) is 0.544. The van der Waals surface area contributed by atoms with Gasteiger partial charge in [0, 0.05) is 5.56 Å². The fraction of sp³-hybridized carbons (Fsp3) is 0.240. The fourth-order valence-corrected chi connectivity index (χ4v) is 5.40. The van der Waals surface area contributed by atoms with Crippen molar-refractivity contribution in [3.8, 4) is 16.9 Å². The summed E-state index contributed by atoms with van der Waals surface area (Å²) in [5, 5.41) is 11.8. The van der Waals surface area contributed by atoms with Crippen molar-refractivity contribution in [3.05, 3.63) is 77.9 Å². The van der Waals surface area contributed by atoms with Gasteiger partial charge in [0.15, 0.2) is 0 Å².